The smallest absolute Gasteiger partial charge is 0.217 e. The molecule has 0 aromatic rings. The average molecular weight is 319 g/mol. The normalized spacial score (nSPS) is 25.4. The van der Waals surface area contributed by atoms with Crippen molar-refractivity contribution in [1.29, 1.82) is 0 Å². The van der Waals surface area contributed by atoms with Crippen LogP contribution in [0.15, 0.2) is 0 Å². The van der Waals surface area contributed by atoms with Crippen LogP contribution in [0.4, 0.5) is 0 Å². The third-order valence-corrected chi connectivity index (χ3v) is 7.31. The molecular weight excluding hydrogens is 294 g/mol. The highest BCUT2D eigenvalue weighted by atomic mass is 32.2. The number of piperazine rings is 1. The number of nitrogens with two attached hydrogens (primary N) is 1. The Kier molecular flexibility index (Phi) is 5.39. The van der Waals surface area contributed by atoms with Gasteiger partial charge < -0.3 is 5.73 Å². The molecule has 1 heterocycles. The van der Waals surface area contributed by atoms with Crippen molar-refractivity contribution in [2.24, 2.45) is 5.73 Å². The lowest BCUT2D eigenvalue weighted by Crippen LogP contribution is -2.55. The summed E-state index contributed by atoms with van der Waals surface area (Å²) >= 11 is 5.01. The quantitative estimate of drug-likeness (QED) is 0.781. The van der Waals surface area contributed by atoms with E-state index in [0.717, 1.165) is 25.7 Å². The largest absolute Gasteiger partial charge is 0.392 e. The summed E-state index contributed by atoms with van der Waals surface area (Å²) in [5.41, 5.74) is 5.66. The first kappa shape index (κ1) is 16.1. The third-order valence-electron chi connectivity index (χ3n) is 4.57. The Morgan fingerprint density at radius 1 is 1.15 bits per heavy atom. The van der Waals surface area contributed by atoms with Gasteiger partial charge in [0.2, 0.25) is 10.0 Å². The molecule has 2 aliphatic rings. The Labute approximate surface area is 127 Å². The molecule has 1 aliphatic carbocycles. The molecule has 1 saturated carbocycles. The fraction of sp³-hybridized carbons (Fsp3) is 0.923. The second-order valence-electron chi connectivity index (χ2n) is 5.82. The van der Waals surface area contributed by atoms with Gasteiger partial charge in [-0.15, -0.1) is 0 Å². The van der Waals surface area contributed by atoms with Crippen molar-refractivity contribution < 1.29 is 8.42 Å². The molecule has 1 aliphatic heterocycles. The maximum atomic E-state index is 12.6. The van der Waals surface area contributed by atoms with Crippen LogP contribution in [0.2, 0.25) is 0 Å². The fourth-order valence-electron chi connectivity index (χ4n) is 3.10. The minimum atomic E-state index is -3.11. The molecule has 0 amide bonds. The Balaban J connectivity index is 1.94. The molecule has 116 valence electrons. The van der Waals surface area contributed by atoms with Crippen LogP contribution in [-0.2, 0) is 10.0 Å². The number of hydrogen-bond acceptors (Lipinski definition) is 4. The van der Waals surface area contributed by atoms with Gasteiger partial charge in [-0.05, 0) is 19.8 Å². The first-order valence-electron chi connectivity index (χ1n) is 7.45. The van der Waals surface area contributed by atoms with Crippen molar-refractivity contribution in [1.82, 2.24) is 9.21 Å². The minimum Gasteiger partial charge on any atom is -0.392 e. The lowest BCUT2D eigenvalue weighted by atomic mass is 10.0. The molecule has 7 heteroatoms. The highest BCUT2D eigenvalue weighted by Crippen LogP contribution is 2.26. The van der Waals surface area contributed by atoms with Crippen molar-refractivity contribution in [3.8, 4) is 0 Å². The van der Waals surface area contributed by atoms with Gasteiger partial charge in [-0.1, -0.05) is 31.5 Å². The molecule has 2 N–H and O–H groups in total. The Hall–Kier alpha value is -0.240. The fourth-order valence-corrected chi connectivity index (χ4v) is 5.27. The van der Waals surface area contributed by atoms with Gasteiger partial charge in [-0.3, -0.25) is 4.90 Å². The van der Waals surface area contributed by atoms with Crippen LogP contribution in [0.3, 0.4) is 0 Å². The topological polar surface area (TPSA) is 66.6 Å². The summed E-state index contributed by atoms with van der Waals surface area (Å²) in [4.78, 5) is 2.64. The molecule has 2 fully saturated rings. The van der Waals surface area contributed by atoms with Crippen molar-refractivity contribution in [2.75, 3.05) is 26.2 Å². The van der Waals surface area contributed by atoms with Gasteiger partial charge in [-0.25, -0.2) is 8.42 Å². The predicted molar refractivity (Wildman–Crippen MR) is 85.2 cm³/mol. The second kappa shape index (κ2) is 6.68. The Morgan fingerprint density at radius 2 is 1.70 bits per heavy atom. The van der Waals surface area contributed by atoms with Crippen molar-refractivity contribution >= 4 is 27.2 Å². The van der Waals surface area contributed by atoms with E-state index in [1.165, 1.54) is 6.42 Å². The SMILES string of the molecule is CC(C(N)=S)N1CCN(S(=O)(=O)C2CCCCC2)CC1. The highest BCUT2D eigenvalue weighted by molar-refractivity contribution is 7.89. The zero-order chi connectivity index (χ0) is 14.8. The number of sulfonamides is 1. The predicted octanol–water partition coefficient (Wildman–Crippen LogP) is 0.941. The van der Waals surface area contributed by atoms with Crippen LogP contribution in [0.1, 0.15) is 39.0 Å². The molecule has 0 bridgehead atoms. The molecule has 5 nitrogen and oxygen atoms in total. The van der Waals surface area contributed by atoms with E-state index in [1.54, 1.807) is 4.31 Å². The van der Waals surface area contributed by atoms with Gasteiger partial charge in [-0.2, -0.15) is 4.31 Å². The highest BCUT2D eigenvalue weighted by Gasteiger charge is 2.35. The molecule has 1 saturated heterocycles. The standard InChI is InChI=1S/C13H25N3O2S2/c1-11(13(14)19)15-7-9-16(10-8-15)20(17,18)12-5-3-2-4-6-12/h11-12H,2-10H2,1H3,(H2,14,19). The van der Waals surface area contributed by atoms with Gasteiger partial charge in [0, 0.05) is 26.2 Å². The zero-order valence-corrected chi connectivity index (χ0v) is 13.8. The summed E-state index contributed by atoms with van der Waals surface area (Å²) in [7, 11) is -3.11. The van der Waals surface area contributed by atoms with Gasteiger partial charge in [0.25, 0.3) is 0 Å². The van der Waals surface area contributed by atoms with Crippen LogP contribution >= 0.6 is 12.2 Å². The van der Waals surface area contributed by atoms with Gasteiger partial charge >= 0.3 is 0 Å². The van der Waals surface area contributed by atoms with Crippen LogP contribution in [0.5, 0.6) is 0 Å². The van der Waals surface area contributed by atoms with Gasteiger partial charge in [0.15, 0.2) is 0 Å². The first-order chi connectivity index (χ1) is 9.43. The number of rotatable bonds is 4. The summed E-state index contributed by atoms with van der Waals surface area (Å²) in [5, 5.41) is -0.157. The molecule has 2 rings (SSSR count). The van der Waals surface area contributed by atoms with Crippen molar-refractivity contribution in [3.05, 3.63) is 0 Å². The van der Waals surface area contributed by atoms with Crippen LogP contribution in [0, 0.1) is 0 Å². The van der Waals surface area contributed by atoms with E-state index in [4.69, 9.17) is 18.0 Å². The van der Waals surface area contributed by atoms with E-state index < -0.39 is 10.0 Å². The maximum absolute atomic E-state index is 12.6. The molecule has 20 heavy (non-hydrogen) atoms. The maximum Gasteiger partial charge on any atom is 0.217 e. The van der Waals surface area contributed by atoms with E-state index >= 15 is 0 Å². The molecule has 0 aromatic carbocycles. The van der Waals surface area contributed by atoms with E-state index in [0.29, 0.717) is 31.2 Å². The number of nitrogens with zero attached hydrogens (tertiary/aromatic N) is 2. The molecule has 0 spiro atoms. The first-order valence-corrected chi connectivity index (χ1v) is 9.36. The molecular formula is C13H25N3O2S2. The number of hydrogen-bond donors (Lipinski definition) is 1. The van der Waals surface area contributed by atoms with E-state index in [-0.39, 0.29) is 11.3 Å². The van der Waals surface area contributed by atoms with Crippen LogP contribution in [0.25, 0.3) is 0 Å². The van der Waals surface area contributed by atoms with Crippen LogP contribution in [-0.4, -0.2) is 60.1 Å². The summed E-state index contributed by atoms with van der Waals surface area (Å²) in [5.74, 6) is 0. The van der Waals surface area contributed by atoms with Crippen molar-refractivity contribution in [2.45, 2.75) is 50.3 Å². The van der Waals surface area contributed by atoms with E-state index in [2.05, 4.69) is 4.90 Å². The summed E-state index contributed by atoms with van der Waals surface area (Å²) in [6.07, 6.45) is 4.91. The Morgan fingerprint density at radius 3 is 2.20 bits per heavy atom. The summed E-state index contributed by atoms with van der Waals surface area (Å²) in [6, 6.07) is 0.0459. The van der Waals surface area contributed by atoms with Crippen LogP contribution < -0.4 is 5.73 Å². The molecule has 1 unspecified atom stereocenters. The van der Waals surface area contributed by atoms with Crippen molar-refractivity contribution in [3.63, 3.8) is 0 Å². The zero-order valence-electron chi connectivity index (χ0n) is 12.1. The lowest BCUT2D eigenvalue weighted by molar-refractivity contribution is 0.173. The lowest BCUT2D eigenvalue weighted by Gasteiger charge is -2.38. The van der Waals surface area contributed by atoms with Gasteiger partial charge in [0.1, 0.15) is 0 Å². The monoisotopic (exact) mass is 319 g/mol. The second-order valence-corrected chi connectivity index (χ2v) is 8.50. The minimum absolute atomic E-state index is 0.0459. The summed E-state index contributed by atoms with van der Waals surface area (Å²) in [6.45, 7) is 4.53. The Bertz CT molecular complexity index is 439. The number of thiocarbonyl (C=S) groups is 1. The summed E-state index contributed by atoms with van der Waals surface area (Å²) < 4.78 is 26.9. The van der Waals surface area contributed by atoms with E-state index in [9.17, 15) is 8.42 Å². The van der Waals surface area contributed by atoms with Gasteiger partial charge in [0.05, 0.1) is 16.3 Å². The van der Waals surface area contributed by atoms with E-state index in [1.807, 2.05) is 6.92 Å². The molecule has 0 radical (unpaired) electrons. The third kappa shape index (κ3) is 3.50. The molecule has 0 aromatic heterocycles. The average Bonchev–Trinajstić information content (AvgIpc) is 2.47. The molecule has 1 atom stereocenters.